The summed E-state index contributed by atoms with van der Waals surface area (Å²) in [5.41, 5.74) is 1.48. The van der Waals surface area contributed by atoms with Gasteiger partial charge in [-0.3, -0.25) is 0 Å². The minimum atomic E-state index is -3.30. The van der Waals surface area contributed by atoms with Crippen LogP contribution in [0.4, 0.5) is 20.4 Å². The molecule has 0 radical (unpaired) electrons. The molecule has 0 unspecified atom stereocenters. The Morgan fingerprint density at radius 3 is 2.48 bits per heavy atom. The van der Waals surface area contributed by atoms with Crippen LogP contribution in [0.2, 0.25) is 0 Å². The van der Waals surface area contributed by atoms with Crippen molar-refractivity contribution in [3.05, 3.63) is 41.2 Å². The second-order valence-corrected chi connectivity index (χ2v) is 10.8. The van der Waals surface area contributed by atoms with E-state index < -0.39 is 21.7 Å². The number of fused-ring (bicyclic) bond motifs is 1. The molecule has 1 aromatic heterocycles. The van der Waals surface area contributed by atoms with Crippen molar-refractivity contribution in [3.8, 4) is 5.75 Å². The van der Waals surface area contributed by atoms with Crippen LogP contribution in [0.3, 0.4) is 0 Å². The number of halogens is 2. The molecule has 0 spiro atoms. The van der Waals surface area contributed by atoms with Crippen molar-refractivity contribution in [2.45, 2.75) is 51.8 Å². The Balaban J connectivity index is 1.50. The molecule has 2 aliphatic rings. The quantitative estimate of drug-likeness (QED) is 0.679. The average molecular weight is 482 g/mol. The third kappa shape index (κ3) is 5.52. The van der Waals surface area contributed by atoms with Gasteiger partial charge in [0.2, 0.25) is 10.0 Å². The highest BCUT2D eigenvalue weighted by Gasteiger charge is 2.30. The summed E-state index contributed by atoms with van der Waals surface area (Å²) < 4.78 is 58.2. The molecule has 0 saturated carbocycles. The van der Waals surface area contributed by atoms with Gasteiger partial charge in [-0.1, -0.05) is 0 Å². The molecule has 0 atom stereocenters. The standard InChI is InChI=1S/C22H29F2N5O3S/c1-14(2)25-21-22(27-18-8-11-29(33(3,30)31)13-19(18)26-21)28-9-6-16(7-10-28)32-20-5-4-15(23)12-17(20)24/h4-5,12,14,16H,6-11,13H2,1-3H3,(H,25,26). The van der Waals surface area contributed by atoms with Crippen molar-refractivity contribution < 1.29 is 21.9 Å². The molecule has 2 aliphatic heterocycles. The lowest BCUT2D eigenvalue weighted by molar-refractivity contribution is 0.163. The van der Waals surface area contributed by atoms with Gasteiger partial charge in [-0.2, -0.15) is 4.31 Å². The maximum Gasteiger partial charge on any atom is 0.211 e. The lowest BCUT2D eigenvalue weighted by Crippen LogP contribution is -2.40. The van der Waals surface area contributed by atoms with Gasteiger partial charge in [0, 0.05) is 51.0 Å². The number of sulfonamides is 1. The number of nitrogens with zero attached hydrogens (tertiary/aromatic N) is 4. The van der Waals surface area contributed by atoms with E-state index in [1.54, 1.807) is 0 Å². The summed E-state index contributed by atoms with van der Waals surface area (Å²) in [4.78, 5) is 11.8. The summed E-state index contributed by atoms with van der Waals surface area (Å²) in [6.07, 6.45) is 2.83. The molecule has 1 saturated heterocycles. The lowest BCUT2D eigenvalue weighted by Gasteiger charge is -2.35. The van der Waals surface area contributed by atoms with Gasteiger partial charge in [0.25, 0.3) is 0 Å². The van der Waals surface area contributed by atoms with E-state index >= 15 is 0 Å². The van der Waals surface area contributed by atoms with Crippen molar-refractivity contribution >= 4 is 21.7 Å². The van der Waals surface area contributed by atoms with Crippen molar-refractivity contribution in [2.24, 2.45) is 0 Å². The molecule has 11 heteroatoms. The minimum absolute atomic E-state index is 0.0565. The van der Waals surface area contributed by atoms with Crippen LogP contribution in [-0.2, 0) is 23.0 Å². The van der Waals surface area contributed by atoms with Crippen LogP contribution in [0.1, 0.15) is 38.1 Å². The molecular weight excluding hydrogens is 452 g/mol. The molecular formula is C22H29F2N5O3S. The molecule has 4 rings (SSSR count). The molecule has 0 bridgehead atoms. The summed E-state index contributed by atoms with van der Waals surface area (Å²) in [6, 6.07) is 3.44. The molecule has 2 aromatic rings. The first-order valence-electron chi connectivity index (χ1n) is 11.1. The maximum absolute atomic E-state index is 13.9. The average Bonchev–Trinajstić information content (AvgIpc) is 2.74. The van der Waals surface area contributed by atoms with Crippen LogP contribution in [0.5, 0.6) is 5.75 Å². The smallest absolute Gasteiger partial charge is 0.211 e. The number of piperidine rings is 1. The van der Waals surface area contributed by atoms with Crippen LogP contribution in [0.25, 0.3) is 0 Å². The topological polar surface area (TPSA) is 87.7 Å². The zero-order valence-electron chi connectivity index (χ0n) is 19.0. The van der Waals surface area contributed by atoms with Crippen molar-refractivity contribution in [3.63, 3.8) is 0 Å². The highest BCUT2D eigenvalue weighted by molar-refractivity contribution is 7.88. The van der Waals surface area contributed by atoms with Gasteiger partial charge in [-0.05, 0) is 26.0 Å². The Morgan fingerprint density at radius 1 is 1.12 bits per heavy atom. The van der Waals surface area contributed by atoms with Crippen molar-refractivity contribution in [1.29, 1.82) is 0 Å². The van der Waals surface area contributed by atoms with Crippen LogP contribution in [0.15, 0.2) is 18.2 Å². The summed E-state index contributed by atoms with van der Waals surface area (Å²) in [7, 11) is -3.30. The number of nitrogens with one attached hydrogen (secondary N) is 1. The number of anilines is 2. The van der Waals surface area contributed by atoms with Gasteiger partial charge in [-0.15, -0.1) is 0 Å². The molecule has 1 N–H and O–H groups in total. The summed E-state index contributed by atoms with van der Waals surface area (Å²) >= 11 is 0. The predicted octanol–water partition coefficient (Wildman–Crippen LogP) is 2.94. The first-order valence-corrected chi connectivity index (χ1v) is 12.9. The number of hydrogen-bond donors (Lipinski definition) is 1. The van der Waals surface area contributed by atoms with E-state index in [0.29, 0.717) is 50.4 Å². The molecule has 0 amide bonds. The van der Waals surface area contributed by atoms with E-state index in [1.807, 2.05) is 13.8 Å². The maximum atomic E-state index is 13.9. The Morgan fingerprint density at radius 2 is 1.85 bits per heavy atom. The van der Waals surface area contributed by atoms with Crippen molar-refractivity contribution in [1.82, 2.24) is 14.3 Å². The van der Waals surface area contributed by atoms with Crippen LogP contribution in [0, 0.1) is 11.6 Å². The Hall–Kier alpha value is -2.53. The predicted molar refractivity (Wildman–Crippen MR) is 122 cm³/mol. The fourth-order valence-corrected chi connectivity index (χ4v) is 4.89. The molecule has 1 fully saturated rings. The van der Waals surface area contributed by atoms with E-state index in [2.05, 4.69) is 10.2 Å². The zero-order valence-corrected chi connectivity index (χ0v) is 19.8. The second kappa shape index (κ2) is 9.38. The number of benzene rings is 1. The first-order chi connectivity index (χ1) is 15.6. The van der Waals surface area contributed by atoms with E-state index in [4.69, 9.17) is 14.7 Å². The summed E-state index contributed by atoms with van der Waals surface area (Å²) in [6.45, 7) is 5.89. The van der Waals surface area contributed by atoms with Gasteiger partial charge < -0.3 is 15.0 Å². The summed E-state index contributed by atoms with van der Waals surface area (Å²) in [5.74, 6) is 0.0840. The highest BCUT2D eigenvalue weighted by Crippen LogP contribution is 2.31. The number of aromatic nitrogens is 2. The van der Waals surface area contributed by atoms with Crippen molar-refractivity contribution in [2.75, 3.05) is 36.1 Å². The van der Waals surface area contributed by atoms with E-state index in [0.717, 1.165) is 17.6 Å². The fraction of sp³-hybridized carbons (Fsp3) is 0.545. The Bertz CT molecular complexity index is 1120. The van der Waals surface area contributed by atoms with Gasteiger partial charge in [0.15, 0.2) is 23.2 Å². The fourth-order valence-electron chi connectivity index (χ4n) is 4.11. The van der Waals surface area contributed by atoms with Gasteiger partial charge in [-0.25, -0.2) is 27.2 Å². The van der Waals surface area contributed by atoms with Gasteiger partial charge in [0.1, 0.15) is 11.9 Å². The normalized spacial score (nSPS) is 17.8. The van der Waals surface area contributed by atoms with Gasteiger partial charge in [0.05, 0.1) is 24.2 Å². The van der Waals surface area contributed by atoms with Crippen LogP contribution < -0.4 is 15.0 Å². The molecule has 33 heavy (non-hydrogen) atoms. The van der Waals surface area contributed by atoms with Crippen LogP contribution >= 0.6 is 0 Å². The Labute approximate surface area is 193 Å². The lowest BCUT2D eigenvalue weighted by atomic mass is 10.1. The highest BCUT2D eigenvalue weighted by atomic mass is 32.2. The largest absolute Gasteiger partial charge is 0.487 e. The van der Waals surface area contributed by atoms with E-state index in [-0.39, 0.29) is 24.4 Å². The molecule has 3 heterocycles. The first kappa shape index (κ1) is 23.6. The third-order valence-corrected chi connectivity index (χ3v) is 7.03. The number of ether oxygens (including phenoxy) is 1. The second-order valence-electron chi connectivity index (χ2n) is 8.81. The van der Waals surface area contributed by atoms with E-state index in [1.165, 1.54) is 22.7 Å². The summed E-state index contributed by atoms with van der Waals surface area (Å²) in [5, 5.41) is 3.34. The molecule has 0 aliphatic carbocycles. The number of rotatable bonds is 6. The minimum Gasteiger partial charge on any atom is -0.487 e. The third-order valence-electron chi connectivity index (χ3n) is 5.78. The zero-order chi connectivity index (χ0) is 23.8. The molecule has 180 valence electrons. The van der Waals surface area contributed by atoms with Crippen LogP contribution in [-0.4, -0.2) is 60.7 Å². The van der Waals surface area contributed by atoms with Gasteiger partial charge >= 0.3 is 0 Å². The molecule has 8 nitrogen and oxygen atoms in total. The molecule has 1 aromatic carbocycles. The number of hydrogen-bond acceptors (Lipinski definition) is 7. The van der Waals surface area contributed by atoms with E-state index in [9.17, 15) is 17.2 Å². The monoisotopic (exact) mass is 481 g/mol. The SMILES string of the molecule is CC(C)Nc1nc2c(nc1N1CCC(Oc3ccc(F)cc3F)CC1)CCN(S(C)(=O)=O)C2. The Kier molecular flexibility index (Phi) is 6.71.